The van der Waals surface area contributed by atoms with Crippen molar-refractivity contribution >= 4 is 42.7 Å². The molecule has 11 heavy (non-hydrogen) atoms. The number of rotatable bonds is 2. The van der Waals surface area contributed by atoms with E-state index < -0.39 is 9.05 Å². The van der Waals surface area contributed by atoms with Crippen LogP contribution >= 0.6 is 33.6 Å². The number of hydrogen-bond acceptors (Lipinski definition) is 3. The van der Waals surface area contributed by atoms with Crippen molar-refractivity contribution in [1.82, 2.24) is 0 Å². The highest BCUT2D eigenvalue weighted by Crippen LogP contribution is 2.22. The Morgan fingerprint density at radius 1 is 1.55 bits per heavy atom. The van der Waals surface area contributed by atoms with E-state index in [-0.39, 0.29) is 5.75 Å². The summed E-state index contributed by atoms with van der Waals surface area (Å²) in [5.74, 6) is -0.155. The van der Waals surface area contributed by atoms with Gasteiger partial charge in [0.15, 0.2) is 0 Å². The van der Waals surface area contributed by atoms with E-state index in [1.807, 2.05) is 0 Å². The quantitative estimate of drug-likeness (QED) is 0.732. The van der Waals surface area contributed by atoms with Crippen molar-refractivity contribution in [2.75, 3.05) is 0 Å². The third kappa shape index (κ3) is 3.42. The Morgan fingerprint density at radius 3 is 2.55 bits per heavy atom. The molecule has 0 aliphatic rings. The summed E-state index contributed by atoms with van der Waals surface area (Å²) in [6, 6.07) is 1.59. The van der Waals surface area contributed by atoms with Crippen molar-refractivity contribution in [2.24, 2.45) is 0 Å². The summed E-state index contributed by atoms with van der Waals surface area (Å²) in [6.45, 7) is 0. The molecule has 1 heterocycles. The van der Waals surface area contributed by atoms with Crippen LogP contribution in [0.1, 0.15) is 5.56 Å². The molecule has 0 bridgehead atoms. The molecule has 0 spiro atoms. The van der Waals surface area contributed by atoms with Crippen LogP contribution in [0.25, 0.3) is 0 Å². The molecule has 0 radical (unpaired) electrons. The summed E-state index contributed by atoms with van der Waals surface area (Å²) in [6.07, 6.45) is 0. The van der Waals surface area contributed by atoms with Gasteiger partial charge in [0.05, 0.1) is 10.1 Å². The minimum absolute atomic E-state index is 0.155. The molecule has 1 aromatic heterocycles. The lowest BCUT2D eigenvalue weighted by molar-refractivity contribution is 0.609. The van der Waals surface area contributed by atoms with Crippen LogP contribution in [0.2, 0.25) is 4.34 Å². The Balaban J connectivity index is 2.81. The topological polar surface area (TPSA) is 34.1 Å². The lowest BCUT2D eigenvalue weighted by atomic mass is 10.4. The van der Waals surface area contributed by atoms with Gasteiger partial charge in [-0.05, 0) is 17.0 Å². The van der Waals surface area contributed by atoms with Gasteiger partial charge >= 0.3 is 0 Å². The molecule has 0 aromatic carbocycles. The van der Waals surface area contributed by atoms with Gasteiger partial charge in [0.2, 0.25) is 9.05 Å². The minimum Gasteiger partial charge on any atom is -0.212 e. The zero-order valence-electron chi connectivity index (χ0n) is 5.25. The molecule has 0 aliphatic carbocycles. The van der Waals surface area contributed by atoms with E-state index in [9.17, 15) is 8.42 Å². The summed E-state index contributed by atoms with van der Waals surface area (Å²) in [5, 5.41) is 1.67. The smallest absolute Gasteiger partial charge is 0.212 e. The van der Waals surface area contributed by atoms with E-state index in [4.69, 9.17) is 22.3 Å². The monoisotopic (exact) mass is 230 g/mol. The normalized spacial score (nSPS) is 11.8. The second-order valence-electron chi connectivity index (χ2n) is 1.94. The van der Waals surface area contributed by atoms with Crippen LogP contribution in [0.15, 0.2) is 11.4 Å². The van der Waals surface area contributed by atoms with Crippen molar-refractivity contribution in [3.63, 3.8) is 0 Å². The van der Waals surface area contributed by atoms with Gasteiger partial charge in [0.1, 0.15) is 0 Å². The SMILES string of the molecule is O=S(=O)(Cl)Cc1csc(Cl)c1. The summed E-state index contributed by atoms with van der Waals surface area (Å²) >= 11 is 6.86. The van der Waals surface area contributed by atoms with Crippen molar-refractivity contribution in [2.45, 2.75) is 5.75 Å². The average Bonchev–Trinajstić information content (AvgIpc) is 2.10. The highest BCUT2D eigenvalue weighted by atomic mass is 35.7. The van der Waals surface area contributed by atoms with Crippen molar-refractivity contribution < 1.29 is 8.42 Å². The van der Waals surface area contributed by atoms with Gasteiger partial charge in [-0.2, -0.15) is 0 Å². The molecule has 0 atom stereocenters. The van der Waals surface area contributed by atoms with Gasteiger partial charge in [0, 0.05) is 10.7 Å². The molecule has 0 aliphatic heterocycles. The molecule has 1 rings (SSSR count). The molecular weight excluding hydrogens is 227 g/mol. The molecule has 6 heteroatoms. The average molecular weight is 231 g/mol. The molecule has 0 fully saturated rings. The molecular formula is C5H4Cl2O2S2. The molecule has 2 nitrogen and oxygen atoms in total. The van der Waals surface area contributed by atoms with Crippen molar-refractivity contribution in [3.8, 4) is 0 Å². The second kappa shape index (κ2) is 3.31. The van der Waals surface area contributed by atoms with E-state index >= 15 is 0 Å². The summed E-state index contributed by atoms with van der Waals surface area (Å²) < 4.78 is 21.6. The van der Waals surface area contributed by atoms with Crippen LogP contribution < -0.4 is 0 Å². The zero-order chi connectivity index (χ0) is 8.48. The number of thiophene rings is 1. The van der Waals surface area contributed by atoms with Crippen LogP contribution in [-0.4, -0.2) is 8.42 Å². The van der Waals surface area contributed by atoms with Gasteiger partial charge in [0.25, 0.3) is 0 Å². The lowest BCUT2D eigenvalue weighted by Crippen LogP contribution is -1.92. The lowest BCUT2D eigenvalue weighted by Gasteiger charge is -1.88. The van der Waals surface area contributed by atoms with E-state index in [2.05, 4.69) is 0 Å². The first-order valence-corrected chi connectivity index (χ1v) is 6.36. The minimum atomic E-state index is -3.44. The molecule has 1 aromatic rings. The standard InChI is InChI=1S/C5H4Cl2O2S2/c6-5-1-4(2-10-5)3-11(7,8)9/h1-2H,3H2. The largest absolute Gasteiger partial charge is 0.236 e. The first kappa shape index (κ1) is 9.32. The molecule has 0 N–H and O–H groups in total. The Hall–Kier alpha value is 0.230. The Bertz CT molecular complexity index is 341. The molecule has 62 valence electrons. The van der Waals surface area contributed by atoms with Crippen LogP contribution in [0.5, 0.6) is 0 Å². The maximum atomic E-state index is 10.5. The predicted molar refractivity (Wildman–Crippen MR) is 47.8 cm³/mol. The Labute approximate surface area is 78.2 Å². The molecule has 0 saturated heterocycles. The third-order valence-electron chi connectivity index (χ3n) is 0.961. The Kier molecular flexibility index (Phi) is 2.80. The fraction of sp³-hybridized carbons (Fsp3) is 0.200. The van der Waals surface area contributed by atoms with E-state index in [1.165, 1.54) is 11.3 Å². The predicted octanol–water partition coefficient (Wildman–Crippen LogP) is 2.47. The number of halogens is 2. The van der Waals surface area contributed by atoms with Gasteiger partial charge in [-0.25, -0.2) is 8.42 Å². The summed E-state index contributed by atoms with van der Waals surface area (Å²) in [4.78, 5) is 0. The first-order chi connectivity index (χ1) is 4.97. The van der Waals surface area contributed by atoms with E-state index in [1.54, 1.807) is 11.4 Å². The van der Waals surface area contributed by atoms with Gasteiger partial charge in [-0.3, -0.25) is 0 Å². The third-order valence-corrected chi connectivity index (χ3v) is 3.11. The zero-order valence-corrected chi connectivity index (χ0v) is 8.40. The van der Waals surface area contributed by atoms with Crippen molar-refractivity contribution in [1.29, 1.82) is 0 Å². The first-order valence-electron chi connectivity index (χ1n) is 2.62. The number of hydrogen-bond donors (Lipinski definition) is 0. The fourth-order valence-electron chi connectivity index (χ4n) is 0.621. The maximum absolute atomic E-state index is 10.5. The van der Waals surface area contributed by atoms with Crippen molar-refractivity contribution in [3.05, 3.63) is 21.3 Å². The molecule has 0 saturated carbocycles. The van der Waals surface area contributed by atoms with Crippen LogP contribution in [0, 0.1) is 0 Å². The van der Waals surface area contributed by atoms with E-state index in [0.29, 0.717) is 9.90 Å². The van der Waals surface area contributed by atoms with Crippen LogP contribution in [0.4, 0.5) is 0 Å². The highest BCUT2D eigenvalue weighted by molar-refractivity contribution is 8.13. The van der Waals surface area contributed by atoms with Gasteiger partial charge < -0.3 is 0 Å². The fourth-order valence-corrected chi connectivity index (χ4v) is 2.58. The van der Waals surface area contributed by atoms with E-state index in [0.717, 1.165) is 0 Å². The molecule has 0 amide bonds. The van der Waals surface area contributed by atoms with Crippen LogP contribution in [0.3, 0.4) is 0 Å². The van der Waals surface area contributed by atoms with Crippen LogP contribution in [-0.2, 0) is 14.8 Å². The maximum Gasteiger partial charge on any atom is 0.236 e. The summed E-state index contributed by atoms with van der Waals surface area (Å²) in [5.41, 5.74) is 0.634. The second-order valence-corrected chi connectivity index (χ2v) is 6.26. The van der Waals surface area contributed by atoms with Gasteiger partial charge in [-0.1, -0.05) is 11.6 Å². The van der Waals surface area contributed by atoms with Gasteiger partial charge in [-0.15, -0.1) is 11.3 Å². The molecule has 0 unspecified atom stereocenters. The Morgan fingerprint density at radius 2 is 2.18 bits per heavy atom. The summed E-state index contributed by atoms with van der Waals surface area (Å²) in [7, 11) is 1.57. The highest BCUT2D eigenvalue weighted by Gasteiger charge is 2.07.